The Hall–Kier alpha value is -2.36. The van der Waals surface area contributed by atoms with Crippen molar-refractivity contribution in [1.82, 2.24) is 16.0 Å². The largest absolute Gasteiger partial charge is 0.480 e. The summed E-state index contributed by atoms with van der Waals surface area (Å²) in [5, 5.41) is 17.5. The van der Waals surface area contributed by atoms with E-state index in [1.54, 1.807) is 13.8 Å². The number of aliphatic carboxylic acids is 1. The monoisotopic (exact) mass is 370 g/mol. The Balaban J connectivity index is 2.73. The zero-order chi connectivity index (χ0) is 19.7. The highest BCUT2D eigenvalue weighted by atomic mass is 16.4. The maximum absolute atomic E-state index is 12.5. The molecule has 1 saturated heterocycles. The van der Waals surface area contributed by atoms with E-state index in [0.29, 0.717) is 25.8 Å². The maximum atomic E-state index is 12.5. The summed E-state index contributed by atoms with van der Waals surface area (Å²) in [6.07, 6.45) is 2.37. The molecule has 0 aromatic carbocycles. The molecule has 10 nitrogen and oxygen atoms in total. The minimum Gasteiger partial charge on any atom is -0.480 e. The van der Waals surface area contributed by atoms with Crippen LogP contribution in [0.25, 0.3) is 0 Å². The minimum atomic E-state index is -1.11. The summed E-state index contributed by atoms with van der Waals surface area (Å²) in [5.41, 5.74) is 10.5. The van der Waals surface area contributed by atoms with Gasteiger partial charge in [-0.05, 0) is 38.1 Å². The first-order valence-corrected chi connectivity index (χ1v) is 8.84. The van der Waals surface area contributed by atoms with Gasteiger partial charge in [-0.3, -0.25) is 14.6 Å². The molecule has 8 N–H and O–H groups in total. The second-order valence-electron chi connectivity index (χ2n) is 6.73. The van der Waals surface area contributed by atoms with E-state index in [9.17, 15) is 19.5 Å². The van der Waals surface area contributed by atoms with Gasteiger partial charge in [0.05, 0.1) is 6.04 Å². The average molecular weight is 370 g/mol. The van der Waals surface area contributed by atoms with Gasteiger partial charge in [0.25, 0.3) is 0 Å². The molecule has 1 aliphatic heterocycles. The van der Waals surface area contributed by atoms with E-state index in [1.807, 2.05) is 0 Å². The van der Waals surface area contributed by atoms with Crippen molar-refractivity contribution >= 4 is 23.7 Å². The number of hydrogen-bond acceptors (Lipinski definition) is 5. The number of hydrogen-bond donors (Lipinski definition) is 6. The van der Waals surface area contributed by atoms with Crippen molar-refractivity contribution in [3.8, 4) is 0 Å². The molecule has 2 amide bonds. The molecule has 1 rings (SSSR count). The van der Waals surface area contributed by atoms with Crippen LogP contribution in [0.4, 0.5) is 0 Å². The van der Waals surface area contributed by atoms with E-state index in [2.05, 4.69) is 20.9 Å². The van der Waals surface area contributed by atoms with Crippen LogP contribution >= 0.6 is 0 Å². The van der Waals surface area contributed by atoms with E-state index < -0.39 is 24.0 Å². The molecule has 0 aliphatic carbocycles. The molecular weight excluding hydrogens is 340 g/mol. The van der Waals surface area contributed by atoms with Crippen molar-refractivity contribution in [1.29, 1.82) is 0 Å². The maximum Gasteiger partial charge on any atom is 0.326 e. The molecule has 148 valence electrons. The van der Waals surface area contributed by atoms with Crippen LogP contribution in [0.3, 0.4) is 0 Å². The minimum absolute atomic E-state index is 0.0454. The number of carboxylic acid groups (broad SMARTS) is 1. The van der Waals surface area contributed by atoms with E-state index in [-0.39, 0.29) is 23.8 Å². The Labute approximate surface area is 153 Å². The zero-order valence-corrected chi connectivity index (χ0v) is 15.3. The molecule has 0 aromatic heterocycles. The third-order valence-electron chi connectivity index (χ3n) is 4.19. The number of nitrogens with zero attached hydrogens (tertiary/aromatic N) is 1. The lowest BCUT2D eigenvalue weighted by Crippen LogP contribution is -2.55. The Bertz CT molecular complexity index is 527. The number of carbonyl (C=O) groups excluding carboxylic acids is 2. The quantitative estimate of drug-likeness (QED) is 0.154. The summed E-state index contributed by atoms with van der Waals surface area (Å²) in [7, 11) is 0. The first-order valence-electron chi connectivity index (χ1n) is 8.84. The summed E-state index contributed by atoms with van der Waals surface area (Å²) >= 11 is 0. The van der Waals surface area contributed by atoms with E-state index in [4.69, 9.17) is 11.5 Å². The van der Waals surface area contributed by atoms with Gasteiger partial charge in [-0.1, -0.05) is 13.8 Å². The van der Waals surface area contributed by atoms with Gasteiger partial charge in [-0.25, -0.2) is 4.79 Å². The Morgan fingerprint density at radius 2 is 1.96 bits per heavy atom. The van der Waals surface area contributed by atoms with Crippen molar-refractivity contribution in [2.75, 3.05) is 13.1 Å². The van der Waals surface area contributed by atoms with Crippen LogP contribution in [-0.4, -0.2) is 60.1 Å². The third kappa shape index (κ3) is 7.26. The molecular formula is C16H30N6O4. The zero-order valence-electron chi connectivity index (χ0n) is 15.3. The van der Waals surface area contributed by atoms with Crippen molar-refractivity contribution in [2.45, 2.75) is 57.7 Å². The highest BCUT2D eigenvalue weighted by Gasteiger charge is 2.30. The molecule has 1 aliphatic rings. The number of amides is 2. The van der Waals surface area contributed by atoms with Gasteiger partial charge < -0.3 is 32.5 Å². The van der Waals surface area contributed by atoms with Crippen molar-refractivity contribution < 1.29 is 19.5 Å². The van der Waals surface area contributed by atoms with Crippen LogP contribution in [0, 0.1) is 5.92 Å². The second kappa shape index (κ2) is 10.6. The third-order valence-corrected chi connectivity index (χ3v) is 4.19. The number of aliphatic imine (C=N–C) groups is 1. The predicted molar refractivity (Wildman–Crippen MR) is 97.3 cm³/mol. The lowest BCUT2D eigenvalue weighted by molar-refractivity contribution is -0.143. The van der Waals surface area contributed by atoms with Crippen LogP contribution in [0.5, 0.6) is 0 Å². The van der Waals surface area contributed by atoms with E-state index in [0.717, 1.165) is 13.0 Å². The normalized spacial score (nSPS) is 18.8. The highest BCUT2D eigenvalue weighted by Crippen LogP contribution is 2.08. The Morgan fingerprint density at radius 1 is 1.27 bits per heavy atom. The SMILES string of the molecule is CC(C)C(NC(=O)C(CCCN=C(N)N)NC(=O)C1CCCN1)C(=O)O. The summed E-state index contributed by atoms with van der Waals surface area (Å²) in [5.74, 6) is -2.23. The summed E-state index contributed by atoms with van der Waals surface area (Å²) in [4.78, 5) is 40.0. The standard InChI is InChI=1S/C16H30N6O4/c1-9(2)12(15(25)26)22-14(24)11(6-4-8-20-16(17)18)21-13(23)10-5-3-7-19-10/h9-12,19H,3-8H2,1-2H3,(H,21,23)(H,22,24)(H,25,26)(H4,17,18,20). The van der Waals surface area contributed by atoms with Crippen molar-refractivity contribution in [3.05, 3.63) is 0 Å². The highest BCUT2D eigenvalue weighted by molar-refractivity contribution is 5.92. The lowest BCUT2D eigenvalue weighted by Gasteiger charge is -2.24. The topological polar surface area (TPSA) is 172 Å². The van der Waals surface area contributed by atoms with Crippen molar-refractivity contribution in [2.24, 2.45) is 22.4 Å². The fraction of sp³-hybridized carbons (Fsp3) is 0.750. The number of guanidine groups is 1. The summed E-state index contributed by atoms with van der Waals surface area (Å²) < 4.78 is 0. The Kier molecular flexibility index (Phi) is 8.83. The van der Waals surface area contributed by atoms with Crippen LogP contribution in [0.2, 0.25) is 0 Å². The van der Waals surface area contributed by atoms with Gasteiger partial charge in [0.1, 0.15) is 12.1 Å². The van der Waals surface area contributed by atoms with Gasteiger partial charge >= 0.3 is 5.97 Å². The number of nitrogens with two attached hydrogens (primary N) is 2. The van der Waals surface area contributed by atoms with Crippen LogP contribution in [-0.2, 0) is 14.4 Å². The molecule has 0 saturated carbocycles. The molecule has 10 heteroatoms. The van der Waals surface area contributed by atoms with Gasteiger partial charge in [0.15, 0.2) is 5.96 Å². The predicted octanol–water partition coefficient (Wildman–Crippen LogP) is -1.50. The van der Waals surface area contributed by atoms with Crippen molar-refractivity contribution in [3.63, 3.8) is 0 Å². The van der Waals surface area contributed by atoms with E-state index in [1.165, 1.54) is 0 Å². The first kappa shape index (κ1) is 21.7. The second-order valence-corrected chi connectivity index (χ2v) is 6.73. The lowest BCUT2D eigenvalue weighted by atomic mass is 10.0. The fourth-order valence-corrected chi connectivity index (χ4v) is 2.72. The first-order chi connectivity index (χ1) is 12.2. The summed E-state index contributed by atoms with van der Waals surface area (Å²) in [6.45, 7) is 4.48. The molecule has 0 bridgehead atoms. The smallest absolute Gasteiger partial charge is 0.326 e. The molecule has 0 radical (unpaired) electrons. The van der Waals surface area contributed by atoms with Gasteiger partial charge in [0.2, 0.25) is 11.8 Å². The van der Waals surface area contributed by atoms with E-state index >= 15 is 0 Å². The number of carboxylic acids is 1. The molecule has 0 aromatic rings. The number of nitrogens with one attached hydrogen (secondary N) is 3. The van der Waals surface area contributed by atoms with Gasteiger partial charge in [-0.2, -0.15) is 0 Å². The van der Waals surface area contributed by atoms with Gasteiger partial charge in [-0.15, -0.1) is 0 Å². The fourth-order valence-electron chi connectivity index (χ4n) is 2.72. The Morgan fingerprint density at radius 3 is 2.46 bits per heavy atom. The average Bonchev–Trinajstić information content (AvgIpc) is 3.08. The molecule has 0 spiro atoms. The molecule has 26 heavy (non-hydrogen) atoms. The molecule has 1 heterocycles. The molecule has 3 unspecified atom stereocenters. The van der Waals surface area contributed by atoms with Gasteiger partial charge in [0, 0.05) is 6.54 Å². The van der Waals surface area contributed by atoms with Crippen LogP contribution in [0.1, 0.15) is 39.5 Å². The summed E-state index contributed by atoms with van der Waals surface area (Å²) in [6, 6.07) is -2.20. The molecule has 1 fully saturated rings. The number of carbonyl (C=O) groups is 3. The van der Waals surface area contributed by atoms with Crippen LogP contribution in [0.15, 0.2) is 4.99 Å². The van der Waals surface area contributed by atoms with Crippen LogP contribution < -0.4 is 27.4 Å². The molecule has 3 atom stereocenters. The number of rotatable bonds is 10.